The number of fused-ring (bicyclic) bond motifs is 1. The molecule has 2 aliphatic rings. The molecule has 0 spiro atoms. The molecule has 0 saturated carbocycles. The van der Waals surface area contributed by atoms with Gasteiger partial charge in [-0.15, -0.1) is 0 Å². The fourth-order valence-corrected chi connectivity index (χ4v) is 2.96. The normalized spacial score (nSPS) is 25.4. The van der Waals surface area contributed by atoms with Crippen molar-refractivity contribution in [1.82, 2.24) is 10.6 Å². The zero-order valence-electron chi connectivity index (χ0n) is 11.7. The molecule has 2 atom stereocenters. The number of hydrogen-bond donors (Lipinski definition) is 2. The molecular weight excluding hydrogens is 252 g/mol. The Labute approximate surface area is 119 Å². The predicted molar refractivity (Wildman–Crippen MR) is 77.8 cm³/mol. The number of rotatable bonds is 3. The van der Waals surface area contributed by atoms with E-state index in [4.69, 9.17) is 4.74 Å². The van der Waals surface area contributed by atoms with Crippen LogP contribution < -0.4 is 15.4 Å². The summed E-state index contributed by atoms with van der Waals surface area (Å²) in [4.78, 5) is 12.2. The van der Waals surface area contributed by atoms with Gasteiger partial charge in [0.15, 0.2) is 0 Å². The van der Waals surface area contributed by atoms with E-state index in [-0.39, 0.29) is 18.1 Å². The van der Waals surface area contributed by atoms with Crippen LogP contribution in [0.5, 0.6) is 5.75 Å². The molecule has 0 bridgehead atoms. The molecule has 1 aromatic rings. The molecule has 4 nitrogen and oxygen atoms in total. The molecule has 4 heteroatoms. The van der Waals surface area contributed by atoms with E-state index < -0.39 is 0 Å². The number of hydrogen-bond acceptors (Lipinski definition) is 3. The molecule has 1 saturated heterocycles. The first-order valence-electron chi connectivity index (χ1n) is 7.58. The van der Waals surface area contributed by atoms with Gasteiger partial charge in [-0.2, -0.15) is 0 Å². The highest BCUT2D eigenvalue weighted by molar-refractivity contribution is 5.81. The van der Waals surface area contributed by atoms with Crippen LogP contribution in [0, 0.1) is 0 Å². The van der Waals surface area contributed by atoms with Crippen LogP contribution in [0.15, 0.2) is 24.3 Å². The molecule has 2 aliphatic heterocycles. The van der Waals surface area contributed by atoms with Crippen LogP contribution >= 0.6 is 0 Å². The quantitative estimate of drug-likeness (QED) is 0.881. The second-order valence-electron chi connectivity index (χ2n) is 5.65. The summed E-state index contributed by atoms with van der Waals surface area (Å²) in [6, 6.07) is 8.06. The Morgan fingerprint density at radius 2 is 2.20 bits per heavy atom. The summed E-state index contributed by atoms with van der Waals surface area (Å²) in [5.41, 5.74) is 1.24. The summed E-state index contributed by atoms with van der Waals surface area (Å²) in [6.07, 6.45) is 5.42. The zero-order valence-corrected chi connectivity index (χ0v) is 11.7. The van der Waals surface area contributed by atoms with Crippen molar-refractivity contribution in [2.45, 2.75) is 44.2 Å². The maximum Gasteiger partial charge on any atom is 0.237 e. The van der Waals surface area contributed by atoms with Gasteiger partial charge in [-0.3, -0.25) is 4.79 Å². The van der Waals surface area contributed by atoms with E-state index in [1.54, 1.807) is 0 Å². The third-order valence-electron chi connectivity index (χ3n) is 4.09. The summed E-state index contributed by atoms with van der Waals surface area (Å²) >= 11 is 0. The third-order valence-corrected chi connectivity index (χ3v) is 4.09. The number of ether oxygens (including phenoxy) is 1. The van der Waals surface area contributed by atoms with Gasteiger partial charge in [0.1, 0.15) is 11.9 Å². The van der Waals surface area contributed by atoms with Crippen LogP contribution in [-0.4, -0.2) is 31.1 Å². The molecule has 1 aromatic carbocycles. The summed E-state index contributed by atoms with van der Waals surface area (Å²) in [5, 5.41) is 6.35. The van der Waals surface area contributed by atoms with E-state index in [9.17, 15) is 4.79 Å². The fraction of sp³-hybridized carbons (Fsp3) is 0.562. The molecule has 2 unspecified atom stereocenters. The van der Waals surface area contributed by atoms with Crippen molar-refractivity contribution < 1.29 is 9.53 Å². The van der Waals surface area contributed by atoms with Gasteiger partial charge in [0, 0.05) is 6.42 Å². The van der Waals surface area contributed by atoms with Gasteiger partial charge in [0.2, 0.25) is 5.91 Å². The second kappa shape index (κ2) is 6.27. The SMILES string of the molecule is O=C(NCC1Cc2ccccc2O1)C1CCCCCN1. The number of carbonyl (C=O) groups is 1. The summed E-state index contributed by atoms with van der Waals surface area (Å²) in [6.45, 7) is 1.54. The first kappa shape index (κ1) is 13.4. The summed E-state index contributed by atoms with van der Waals surface area (Å²) < 4.78 is 5.83. The lowest BCUT2D eigenvalue weighted by Crippen LogP contribution is -2.46. The lowest BCUT2D eigenvalue weighted by Gasteiger charge is -2.17. The van der Waals surface area contributed by atoms with Gasteiger partial charge in [0.25, 0.3) is 0 Å². The van der Waals surface area contributed by atoms with Crippen molar-refractivity contribution in [1.29, 1.82) is 0 Å². The summed E-state index contributed by atoms with van der Waals surface area (Å²) in [7, 11) is 0. The van der Waals surface area contributed by atoms with E-state index in [1.807, 2.05) is 18.2 Å². The lowest BCUT2D eigenvalue weighted by molar-refractivity contribution is -0.123. The largest absolute Gasteiger partial charge is 0.488 e. The molecule has 1 amide bonds. The van der Waals surface area contributed by atoms with Crippen molar-refractivity contribution in [2.75, 3.05) is 13.1 Å². The number of para-hydroxylation sites is 1. The molecule has 2 N–H and O–H groups in total. The second-order valence-corrected chi connectivity index (χ2v) is 5.65. The van der Waals surface area contributed by atoms with E-state index in [2.05, 4.69) is 16.7 Å². The Bertz CT molecular complexity index is 442. The molecule has 2 heterocycles. The topological polar surface area (TPSA) is 50.4 Å². The van der Waals surface area contributed by atoms with Crippen LogP contribution in [0.4, 0.5) is 0 Å². The van der Waals surface area contributed by atoms with Crippen LogP contribution in [-0.2, 0) is 11.2 Å². The van der Waals surface area contributed by atoms with E-state index in [0.29, 0.717) is 6.54 Å². The first-order valence-corrected chi connectivity index (χ1v) is 7.58. The molecule has 3 rings (SSSR count). The molecule has 108 valence electrons. The van der Waals surface area contributed by atoms with Gasteiger partial charge in [-0.1, -0.05) is 31.0 Å². The van der Waals surface area contributed by atoms with Crippen LogP contribution in [0.1, 0.15) is 31.2 Å². The Morgan fingerprint density at radius 3 is 3.10 bits per heavy atom. The van der Waals surface area contributed by atoms with Crippen molar-refractivity contribution in [3.8, 4) is 5.75 Å². The Hall–Kier alpha value is -1.55. The van der Waals surface area contributed by atoms with Gasteiger partial charge in [-0.05, 0) is 31.0 Å². The van der Waals surface area contributed by atoms with Crippen LogP contribution in [0.25, 0.3) is 0 Å². The number of benzene rings is 1. The van der Waals surface area contributed by atoms with Crippen molar-refractivity contribution in [3.05, 3.63) is 29.8 Å². The number of nitrogens with one attached hydrogen (secondary N) is 2. The molecule has 20 heavy (non-hydrogen) atoms. The Kier molecular flexibility index (Phi) is 4.21. The van der Waals surface area contributed by atoms with Gasteiger partial charge in [0.05, 0.1) is 12.6 Å². The molecular formula is C16H22N2O2. The van der Waals surface area contributed by atoms with E-state index >= 15 is 0 Å². The predicted octanol–water partition coefficient (Wildman–Crippen LogP) is 1.64. The Balaban J connectivity index is 1.47. The highest BCUT2D eigenvalue weighted by Crippen LogP contribution is 2.27. The van der Waals surface area contributed by atoms with Crippen LogP contribution in [0.3, 0.4) is 0 Å². The zero-order chi connectivity index (χ0) is 13.8. The first-order chi connectivity index (χ1) is 9.83. The monoisotopic (exact) mass is 274 g/mol. The maximum absolute atomic E-state index is 12.2. The summed E-state index contributed by atoms with van der Waals surface area (Å²) in [5.74, 6) is 1.07. The minimum absolute atomic E-state index is 0.0266. The van der Waals surface area contributed by atoms with Crippen molar-refractivity contribution >= 4 is 5.91 Å². The van der Waals surface area contributed by atoms with Crippen molar-refractivity contribution in [2.24, 2.45) is 0 Å². The third kappa shape index (κ3) is 3.12. The van der Waals surface area contributed by atoms with Gasteiger partial charge in [-0.25, -0.2) is 0 Å². The average molecular weight is 274 g/mol. The van der Waals surface area contributed by atoms with E-state index in [1.165, 1.54) is 18.4 Å². The minimum Gasteiger partial charge on any atom is -0.488 e. The maximum atomic E-state index is 12.2. The number of carbonyl (C=O) groups excluding carboxylic acids is 1. The van der Waals surface area contributed by atoms with Crippen molar-refractivity contribution in [3.63, 3.8) is 0 Å². The highest BCUT2D eigenvalue weighted by Gasteiger charge is 2.24. The number of amides is 1. The molecule has 0 aromatic heterocycles. The molecule has 0 aliphatic carbocycles. The molecule has 1 fully saturated rings. The van der Waals surface area contributed by atoms with Crippen LogP contribution in [0.2, 0.25) is 0 Å². The molecule has 0 radical (unpaired) electrons. The highest BCUT2D eigenvalue weighted by atomic mass is 16.5. The Morgan fingerprint density at radius 1 is 1.30 bits per heavy atom. The average Bonchev–Trinajstić information content (AvgIpc) is 2.69. The fourth-order valence-electron chi connectivity index (χ4n) is 2.96. The smallest absolute Gasteiger partial charge is 0.237 e. The minimum atomic E-state index is -0.0266. The lowest BCUT2D eigenvalue weighted by atomic mass is 10.1. The van der Waals surface area contributed by atoms with Gasteiger partial charge < -0.3 is 15.4 Å². The van der Waals surface area contributed by atoms with Gasteiger partial charge >= 0.3 is 0 Å². The standard InChI is InChI=1S/C16H22N2O2/c19-16(14-7-2-1-5-9-17-14)18-11-13-10-12-6-3-4-8-15(12)20-13/h3-4,6,8,13-14,17H,1-2,5,7,9-11H2,(H,18,19). The van der Waals surface area contributed by atoms with E-state index in [0.717, 1.165) is 31.6 Å².